The van der Waals surface area contributed by atoms with Gasteiger partial charge < -0.3 is 4.98 Å². The summed E-state index contributed by atoms with van der Waals surface area (Å²) >= 11 is 0. The Morgan fingerprint density at radius 2 is 2.00 bits per heavy atom. The summed E-state index contributed by atoms with van der Waals surface area (Å²) in [4.78, 5) is 7.39. The third-order valence-corrected chi connectivity index (χ3v) is 1.54. The number of rotatable bonds is 0. The molecule has 2 heterocycles. The van der Waals surface area contributed by atoms with Gasteiger partial charge in [-0.15, -0.1) is 0 Å². The summed E-state index contributed by atoms with van der Waals surface area (Å²) < 4.78 is 0. The zero-order valence-electron chi connectivity index (χ0n) is 7.76. The van der Waals surface area contributed by atoms with Crippen LogP contribution in [0.25, 0.3) is 11.0 Å². The van der Waals surface area contributed by atoms with E-state index in [1.807, 2.05) is 45.2 Å². The van der Waals surface area contributed by atoms with Crippen LogP contribution in [0.4, 0.5) is 0 Å². The summed E-state index contributed by atoms with van der Waals surface area (Å²) in [5, 5.41) is 0. The summed E-state index contributed by atoms with van der Waals surface area (Å²) in [6.45, 7) is 5.99. The Kier molecular flexibility index (Phi) is 2.86. The van der Waals surface area contributed by atoms with Crippen molar-refractivity contribution in [1.82, 2.24) is 9.97 Å². The predicted molar refractivity (Wildman–Crippen MR) is 54.3 cm³/mol. The van der Waals surface area contributed by atoms with E-state index in [9.17, 15) is 0 Å². The van der Waals surface area contributed by atoms with E-state index < -0.39 is 0 Å². The highest BCUT2D eigenvalue weighted by Gasteiger charge is 1.92. The number of fused-ring (bicyclic) bond motifs is 1. The van der Waals surface area contributed by atoms with Gasteiger partial charge in [0.15, 0.2) is 0 Å². The number of aryl methyl sites for hydroxylation is 1. The minimum atomic E-state index is 0. The molecule has 0 saturated carbocycles. The Bertz CT molecular complexity index is 354. The molecule has 66 valence electrons. The predicted octanol–water partition coefficient (Wildman–Crippen LogP) is 3.14. The first-order valence-corrected chi connectivity index (χ1v) is 4.27. The molecular formula is C10H16N2. The topological polar surface area (TPSA) is 28.7 Å². The Balaban J connectivity index is 0.000000451. The number of H-pyrrole nitrogens is 1. The fourth-order valence-electron chi connectivity index (χ4n) is 1.04. The van der Waals surface area contributed by atoms with Crippen molar-refractivity contribution in [2.75, 3.05) is 0 Å². The Hall–Kier alpha value is -1.31. The van der Waals surface area contributed by atoms with Crippen LogP contribution in [0.15, 0.2) is 24.4 Å². The summed E-state index contributed by atoms with van der Waals surface area (Å²) in [5.41, 5.74) is 3.21. The first-order valence-electron chi connectivity index (χ1n) is 4.27. The van der Waals surface area contributed by atoms with Crippen LogP contribution in [0.3, 0.4) is 0 Å². The molecule has 0 bridgehead atoms. The molecule has 1 N–H and O–H groups in total. The van der Waals surface area contributed by atoms with Gasteiger partial charge in [0.05, 0.1) is 11.0 Å². The van der Waals surface area contributed by atoms with Gasteiger partial charge in [-0.05, 0) is 25.1 Å². The molecular weight excluding hydrogens is 148 g/mol. The van der Waals surface area contributed by atoms with E-state index in [1.165, 1.54) is 0 Å². The number of nitrogens with zero attached hydrogens (tertiary/aromatic N) is 1. The normalized spacial score (nSPS) is 9.25. The number of hydrogen-bond donors (Lipinski definition) is 1. The second-order valence-corrected chi connectivity index (χ2v) is 2.36. The van der Waals surface area contributed by atoms with Gasteiger partial charge in [-0.1, -0.05) is 13.8 Å². The van der Waals surface area contributed by atoms with Crippen molar-refractivity contribution in [2.24, 2.45) is 0 Å². The molecule has 2 aromatic rings. The maximum Gasteiger partial charge on any atom is 0.0881 e. The van der Waals surface area contributed by atoms with Crippen molar-refractivity contribution in [1.29, 1.82) is 0 Å². The van der Waals surface area contributed by atoms with Gasteiger partial charge in [0.2, 0.25) is 0 Å². The van der Waals surface area contributed by atoms with E-state index in [-0.39, 0.29) is 1.43 Å². The van der Waals surface area contributed by atoms with E-state index in [1.54, 1.807) is 0 Å². The summed E-state index contributed by atoms with van der Waals surface area (Å²) in [7, 11) is 0. The zero-order valence-corrected chi connectivity index (χ0v) is 7.76. The van der Waals surface area contributed by atoms with Crippen LogP contribution in [0, 0.1) is 6.92 Å². The molecule has 2 rings (SSSR count). The van der Waals surface area contributed by atoms with Crippen LogP contribution in [0.5, 0.6) is 0 Å². The molecule has 0 aliphatic heterocycles. The van der Waals surface area contributed by atoms with Gasteiger partial charge in [-0.25, -0.2) is 0 Å². The first kappa shape index (κ1) is 8.78. The van der Waals surface area contributed by atoms with Crippen LogP contribution < -0.4 is 0 Å². The molecule has 2 aromatic heterocycles. The second-order valence-electron chi connectivity index (χ2n) is 2.36. The minimum absolute atomic E-state index is 0. The highest BCUT2D eigenvalue weighted by Crippen LogP contribution is 2.08. The molecule has 0 spiro atoms. The lowest BCUT2D eigenvalue weighted by Crippen LogP contribution is -1.78. The fourth-order valence-corrected chi connectivity index (χ4v) is 1.04. The SMILES string of the molecule is CC.Cc1ccc2[nH]ccc2n1.[HH]. The van der Waals surface area contributed by atoms with Gasteiger partial charge in [-0.2, -0.15) is 0 Å². The highest BCUT2D eigenvalue weighted by atomic mass is 14.8. The van der Waals surface area contributed by atoms with Gasteiger partial charge in [0.1, 0.15) is 0 Å². The molecule has 0 atom stereocenters. The molecule has 12 heavy (non-hydrogen) atoms. The average Bonchev–Trinajstić information content (AvgIpc) is 2.54. The van der Waals surface area contributed by atoms with E-state index in [2.05, 4.69) is 9.97 Å². The first-order chi connectivity index (χ1) is 5.86. The number of hydrogen-bond acceptors (Lipinski definition) is 1. The summed E-state index contributed by atoms with van der Waals surface area (Å²) in [6.07, 6.45) is 1.90. The fraction of sp³-hybridized carbons (Fsp3) is 0.300. The Labute approximate surface area is 74.1 Å². The standard InChI is InChI=1S/C8H8N2.C2H6.H2/c1-6-2-3-7-8(10-6)4-5-9-7;1-2;/h2-5,9H,1H3;1-2H3;1H. The lowest BCUT2D eigenvalue weighted by atomic mass is 10.3. The van der Waals surface area contributed by atoms with Crippen molar-refractivity contribution in [2.45, 2.75) is 20.8 Å². The molecule has 0 amide bonds. The molecule has 0 fully saturated rings. The molecule has 0 unspecified atom stereocenters. The maximum absolute atomic E-state index is 4.30. The van der Waals surface area contributed by atoms with Crippen LogP contribution in [-0.4, -0.2) is 9.97 Å². The Morgan fingerprint density at radius 3 is 2.75 bits per heavy atom. The van der Waals surface area contributed by atoms with Crippen LogP contribution in [0.2, 0.25) is 0 Å². The third kappa shape index (κ3) is 1.64. The molecule has 0 aromatic carbocycles. The number of nitrogens with one attached hydrogen (secondary N) is 1. The van der Waals surface area contributed by atoms with E-state index >= 15 is 0 Å². The quantitative estimate of drug-likeness (QED) is 0.636. The van der Waals surface area contributed by atoms with Crippen LogP contribution in [0.1, 0.15) is 21.0 Å². The molecule has 0 aliphatic carbocycles. The molecule has 2 nitrogen and oxygen atoms in total. The summed E-state index contributed by atoms with van der Waals surface area (Å²) in [5.74, 6) is 0. The lowest BCUT2D eigenvalue weighted by molar-refractivity contribution is 1.26. The van der Waals surface area contributed by atoms with Crippen LogP contribution in [-0.2, 0) is 0 Å². The van der Waals surface area contributed by atoms with Gasteiger partial charge >= 0.3 is 0 Å². The van der Waals surface area contributed by atoms with Gasteiger partial charge in [0, 0.05) is 13.3 Å². The third-order valence-electron chi connectivity index (χ3n) is 1.54. The van der Waals surface area contributed by atoms with Gasteiger partial charge in [-0.3, -0.25) is 4.98 Å². The van der Waals surface area contributed by atoms with Crippen molar-refractivity contribution >= 4 is 11.0 Å². The monoisotopic (exact) mass is 164 g/mol. The number of aromatic amines is 1. The molecule has 0 radical (unpaired) electrons. The van der Waals surface area contributed by atoms with Crippen molar-refractivity contribution in [3.05, 3.63) is 30.1 Å². The van der Waals surface area contributed by atoms with Crippen molar-refractivity contribution in [3.8, 4) is 0 Å². The highest BCUT2D eigenvalue weighted by molar-refractivity contribution is 5.74. The van der Waals surface area contributed by atoms with Gasteiger partial charge in [0.25, 0.3) is 0 Å². The maximum atomic E-state index is 4.30. The van der Waals surface area contributed by atoms with Crippen molar-refractivity contribution in [3.63, 3.8) is 0 Å². The largest absolute Gasteiger partial charge is 0.360 e. The smallest absolute Gasteiger partial charge is 0.0881 e. The zero-order chi connectivity index (χ0) is 8.97. The van der Waals surface area contributed by atoms with E-state index in [0.717, 1.165) is 16.7 Å². The average molecular weight is 164 g/mol. The minimum Gasteiger partial charge on any atom is -0.360 e. The molecule has 2 heteroatoms. The van der Waals surface area contributed by atoms with Crippen LogP contribution >= 0.6 is 0 Å². The summed E-state index contributed by atoms with van der Waals surface area (Å²) in [6, 6.07) is 6.01. The van der Waals surface area contributed by atoms with E-state index in [4.69, 9.17) is 0 Å². The lowest BCUT2D eigenvalue weighted by Gasteiger charge is -1.89. The number of pyridine rings is 1. The Morgan fingerprint density at radius 1 is 1.25 bits per heavy atom. The molecule has 0 aliphatic rings. The number of aromatic nitrogens is 2. The van der Waals surface area contributed by atoms with Crippen molar-refractivity contribution < 1.29 is 1.43 Å². The van der Waals surface area contributed by atoms with E-state index in [0.29, 0.717) is 0 Å². The second kappa shape index (κ2) is 3.90. The molecule has 0 saturated heterocycles.